The van der Waals surface area contributed by atoms with Gasteiger partial charge >= 0.3 is 5.97 Å². The maximum absolute atomic E-state index is 11.9. The van der Waals surface area contributed by atoms with Gasteiger partial charge in [-0.25, -0.2) is 9.48 Å². The van der Waals surface area contributed by atoms with E-state index in [2.05, 4.69) is 15.2 Å². The largest absolute Gasteiger partial charge is 0.467 e. The number of hydrogen-bond acceptors (Lipinski definition) is 7. The molecule has 0 radical (unpaired) electrons. The van der Waals surface area contributed by atoms with Gasteiger partial charge in [0.15, 0.2) is 0 Å². The van der Waals surface area contributed by atoms with E-state index in [4.69, 9.17) is 4.74 Å². The number of esters is 1. The molecule has 0 aliphatic carbocycles. The molecule has 1 aliphatic heterocycles. The number of carbonyl (C=O) groups is 2. The highest BCUT2D eigenvalue weighted by Crippen LogP contribution is 2.09. The van der Waals surface area contributed by atoms with Crippen LogP contribution in [0.25, 0.3) is 0 Å². The van der Waals surface area contributed by atoms with E-state index in [9.17, 15) is 14.4 Å². The van der Waals surface area contributed by atoms with E-state index < -0.39 is 17.9 Å². The minimum atomic E-state index is -0.786. The molecule has 1 N–H and O–H groups in total. The van der Waals surface area contributed by atoms with Gasteiger partial charge in [-0.1, -0.05) is 0 Å². The smallest absolute Gasteiger partial charge is 0.328 e. The van der Waals surface area contributed by atoms with E-state index in [0.717, 1.165) is 4.68 Å². The van der Waals surface area contributed by atoms with Crippen molar-refractivity contribution in [3.05, 3.63) is 22.5 Å². The molecule has 1 saturated heterocycles. The summed E-state index contributed by atoms with van der Waals surface area (Å²) in [5, 5.41) is 6.66. The summed E-state index contributed by atoms with van der Waals surface area (Å²) in [5.41, 5.74) is -0.386. The van der Waals surface area contributed by atoms with Gasteiger partial charge in [0.1, 0.15) is 18.4 Å². The standard InChI is InChI=1S/C14H20N4O5/c1-10(14(21)22-2)15-12(19)9-18-13(20)4-3-11(16-18)17-5-7-23-8-6-17/h3-4,10H,5-9H2,1-2H3,(H,15,19)/t10-/m0/s1. The Hall–Kier alpha value is -2.42. The summed E-state index contributed by atoms with van der Waals surface area (Å²) in [5.74, 6) is -0.431. The molecule has 1 aromatic heterocycles. The number of rotatable bonds is 5. The Morgan fingerprint density at radius 2 is 2.09 bits per heavy atom. The molecule has 1 atom stereocenters. The zero-order valence-electron chi connectivity index (χ0n) is 13.2. The second kappa shape index (κ2) is 7.73. The lowest BCUT2D eigenvalue weighted by atomic mass is 10.3. The van der Waals surface area contributed by atoms with Crippen molar-refractivity contribution in [1.29, 1.82) is 0 Å². The molecule has 126 valence electrons. The Bertz CT molecular complexity index is 624. The van der Waals surface area contributed by atoms with Crippen molar-refractivity contribution < 1.29 is 19.1 Å². The zero-order valence-corrected chi connectivity index (χ0v) is 13.2. The predicted octanol–water partition coefficient (Wildman–Crippen LogP) is -1.24. The highest BCUT2D eigenvalue weighted by atomic mass is 16.5. The fraction of sp³-hybridized carbons (Fsp3) is 0.571. The van der Waals surface area contributed by atoms with Crippen molar-refractivity contribution >= 4 is 17.7 Å². The Balaban J connectivity index is 2.05. The van der Waals surface area contributed by atoms with Gasteiger partial charge in [-0.2, -0.15) is 5.10 Å². The molecule has 1 amide bonds. The number of nitrogens with one attached hydrogen (secondary N) is 1. The van der Waals surface area contributed by atoms with Gasteiger partial charge < -0.3 is 19.7 Å². The Morgan fingerprint density at radius 3 is 2.74 bits per heavy atom. The number of carbonyl (C=O) groups excluding carboxylic acids is 2. The fourth-order valence-corrected chi connectivity index (χ4v) is 2.17. The van der Waals surface area contributed by atoms with Crippen LogP contribution >= 0.6 is 0 Å². The first kappa shape index (κ1) is 16.9. The van der Waals surface area contributed by atoms with E-state index in [1.165, 1.54) is 20.1 Å². The molecule has 1 fully saturated rings. The predicted molar refractivity (Wildman–Crippen MR) is 81.1 cm³/mol. The molecule has 2 heterocycles. The number of nitrogens with zero attached hydrogens (tertiary/aromatic N) is 3. The number of amides is 1. The molecule has 1 aliphatic rings. The molecule has 23 heavy (non-hydrogen) atoms. The summed E-state index contributed by atoms with van der Waals surface area (Å²) < 4.78 is 10.9. The van der Waals surface area contributed by atoms with Crippen molar-refractivity contribution in [3.63, 3.8) is 0 Å². The maximum atomic E-state index is 11.9. The number of aromatic nitrogens is 2. The maximum Gasteiger partial charge on any atom is 0.328 e. The summed E-state index contributed by atoms with van der Waals surface area (Å²) in [6, 6.07) is 2.21. The van der Waals surface area contributed by atoms with Crippen LogP contribution in [0.4, 0.5) is 5.82 Å². The van der Waals surface area contributed by atoms with Crippen LogP contribution in [0.15, 0.2) is 16.9 Å². The number of methoxy groups -OCH3 is 1. The Morgan fingerprint density at radius 1 is 1.39 bits per heavy atom. The molecule has 1 aromatic rings. The van der Waals surface area contributed by atoms with Crippen LogP contribution in [0.5, 0.6) is 0 Å². The van der Waals surface area contributed by atoms with E-state index >= 15 is 0 Å². The highest BCUT2D eigenvalue weighted by molar-refractivity contribution is 5.83. The van der Waals surface area contributed by atoms with Gasteiger partial charge in [-0.3, -0.25) is 9.59 Å². The van der Waals surface area contributed by atoms with Crippen LogP contribution in [0.3, 0.4) is 0 Å². The molecule has 0 bridgehead atoms. The van der Waals surface area contributed by atoms with Gasteiger partial charge in [0, 0.05) is 19.2 Å². The zero-order chi connectivity index (χ0) is 16.8. The SMILES string of the molecule is COC(=O)[C@H](C)NC(=O)Cn1nc(N2CCOCC2)ccc1=O. The summed E-state index contributed by atoms with van der Waals surface area (Å²) in [6.07, 6.45) is 0. The fourth-order valence-electron chi connectivity index (χ4n) is 2.17. The number of ether oxygens (including phenoxy) is 2. The van der Waals surface area contributed by atoms with Gasteiger partial charge in [0.25, 0.3) is 5.56 Å². The van der Waals surface area contributed by atoms with E-state index in [-0.39, 0.29) is 12.1 Å². The number of hydrogen-bond donors (Lipinski definition) is 1. The first-order valence-corrected chi connectivity index (χ1v) is 7.29. The second-order valence-corrected chi connectivity index (χ2v) is 5.10. The Kier molecular flexibility index (Phi) is 5.69. The van der Waals surface area contributed by atoms with Crippen molar-refractivity contribution in [2.75, 3.05) is 38.3 Å². The molecular weight excluding hydrogens is 304 g/mol. The second-order valence-electron chi connectivity index (χ2n) is 5.10. The van der Waals surface area contributed by atoms with Crippen molar-refractivity contribution in [3.8, 4) is 0 Å². The lowest BCUT2D eigenvalue weighted by molar-refractivity contribution is -0.144. The minimum absolute atomic E-state index is 0.266. The normalized spacial score (nSPS) is 15.8. The third kappa shape index (κ3) is 4.52. The van der Waals surface area contributed by atoms with Crippen LogP contribution in [0, 0.1) is 0 Å². The van der Waals surface area contributed by atoms with Crippen LogP contribution in [-0.2, 0) is 25.6 Å². The Labute approximate surface area is 133 Å². The van der Waals surface area contributed by atoms with E-state index in [1.807, 2.05) is 4.90 Å². The molecule has 0 saturated carbocycles. The van der Waals surface area contributed by atoms with Gasteiger partial charge in [0.2, 0.25) is 5.91 Å². The van der Waals surface area contributed by atoms with Crippen LogP contribution in [-0.4, -0.2) is 61.1 Å². The van der Waals surface area contributed by atoms with Crippen molar-refractivity contribution in [1.82, 2.24) is 15.1 Å². The van der Waals surface area contributed by atoms with Gasteiger partial charge in [-0.05, 0) is 13.0 Å². The summed E-state index contributed by atoms with van der Waals surface area (Å²) in [6.45, 7) is 3.78. The lowest BCUT2D eigenvalue weighted by Gasteiger charge is -2.27. The molecular formula is C14H20N4O5. The van der Waals surface area contributed by atoms with E-state index in [0.29, 0.717) is 32.1 Å². The molecule has 9 nitrogen and oxygen atoms in total. The van der Waals surface area contributed by atoms with E-state index in [1.54, 1.807) is 6.07 Å². The average molecular weight is 324 g/mol. The van der Waals surface area contributed by atoms with Gasteiger partial charge in [-0.15, -0.1) is 0 Å². The molecule has 9 heteroatoms. The summed E-state index contributed by atoms with van der Waals surface area (Å²) in [7, 11) is 1.24. The van der Waals surface area contributed by atoms with Gasteiger partial charge in [0.05, 0.1) is 20.3 Å². The molecule has 0 aromatic carbocycles. The van der Waals surface area contributed by atoms with Crippen LogP contribution < -0.4 is 15.8 Å². The topological polar surface area (TPSA) is 103 Å². The number of anilines is 1. The third-order valence-corrected chi connectivity index (χ3v) is 3.41. The summed E-state index contributed by atoms with van der Waals surface area (Å²) in [4.78, 5) is 37.1. The highest BCUT2D eigenvalue weighted by Gasteiger charge is 2.18. The summed E-state index contributed by atoms with van der Waals surface area (Å²) >= 11 is 0. The van der Waals surface area contributed by atoms with Crippen molar-refractivity contribution in [2.45, 2.75) is 19.5 Å². The van der Waals surface area contributed by atoms with Crippen LogP contribution in [0.1, 0.15) is 6.92 Å². The monoisotopic (exact) mass is 324 g/mol. The molecule has 2 rings (SSSR count). The lowest BCUT2D eigenvalue weighted by Crippen LogP contribution is -2.43. The number of morpholine rings is 1. The minimum Gasteiger partial charge on any atom is -0.467 e. The molecule has 0 spiro atoms. The van der Waals surface area contributed by atoms with Crippen molar-refractivity contribution in [2.24, 2.45) is 0 Å². The molecule has 0 unspecified atom stereocenters. The quantitative estimate of drug-likeness (QED) is 0.676. The first-order chi connectivity index (χ1) is 11.0. The van der Waals surface area contributed by atoms with Crippen LogP contribution in [0.2, 0.25) is 0 Å². The third-order valence-electron chi connectivity index (χ3n) is 3.41. The first-order valence-electron chi connectivity index (χ1n) is 7.29. The average Bonchev–Trinajstić information content (AvgIpc) is 2.56.